The first-order chi connectivity index (χ1) is 10.4. The zero-order valence-electron chi connectivity index (χ0n) is 12.1. The SMILES string of the molecule is CNC1CCc2c(-c3cccc4cccnc34)cccc21. The average molecular weight is 274 g/mol. The Morgan fingerprint density at radius 2 is 1.81 bits per heavy atom. The van der Waals surface area contributed by atoms with Crippen molar-refractivity contribution in [3.05, 3.63) is 65.9 Å². The minimum atomic E-state index is 0.489. The van der Waals surface area contributed by atoms with E-state index < -0.39 is 0 Å². The van der Waals surface area contributed by atoms with Crippen LogP contribution in [0.4, 0.5) is 0 Å². The molecule has 2 nitrogen and oxygen atoms in total. The maximum Gasteiger partial charge on any atom is 0.0780 e. The van der Waals surface area contributed by atoms with Crippen molar-refractivity contribution in [2.75, 3.05) is 7.05 Å². The molecule has 1 N–H and O–H groups in total. The van der Waals surface area contributed by atoms with Gasteiger partial charge in [-0.3, -0.25) is 4.98 Å². The van der Waals surface area contributed by atoms with Gasteiger partial charge in [0, 0.05) is 23.2 Å². The van der Waals surface area contributed by atoms with E-state index in [1.807, 2.05) is 19.3 Å². The summed E-state index contributed by atoms with van der Waals surface area (Å²) >= 11 is 0. The smallest absolute Gasteiger partial charge is 0.0780 e. The Balaban J connectivity index is 1.97. The third kappa shape index (κ3) is 1.95. The molecule has 1 aliphatic rings. The minimum absolute atomic E-state index is 0.489. The molecule has 1 heterocycles. The quantitative estimate of drug-likeness (QED) is 0.760. The highest BCUT2D eigenvalue weighted by atomic mass is 14.9. The summed E-state index contributed by atoms with van der Waals surface area (Å²) in [4.78, 5) is 4.61. The molecule has 1 aliphatic carbocycles. The molecule has 21 heavy (non-hydrogen) atoms. The van der Waals surface area contributed by atoms with Gasteiger partial charge >= 0.3 is 0 Å². The van der Waals surface area contributed by atoms with Gasteiger partial charge in [0.1, 0.15) is 0 Å². The molecule has 0 bridgehead atoms. The highest BCUT2D eigenvalue weighted by molar-refractivity contribution is 5.94. The lowest BCUT2D eigenvalue weighted by atomic mass is 9.94. The molecule has 104 valence electrons. The van der Waals surface area contributed by atoms with E-state index in [1.165, 1.54) is 34.1 Å². The van der Waals surface area contributed by atoms with Crippen molar-refractivity contribution >= 4 is 10.9 Å². The maximum absolute atomic E-state index is 4.61. The summed E-state index contributed by atoms with van der Waals surface area (Å²) in [5.74, 6) is 0. The second-order valence-electron chi connectivity index (χ2n) is 5.63. The van der Waals surface area contributed by atoms with Crippen LogP contribution >= 0.6 is 0 Å². The fourth-order valence-corrected chi connectivity index (χ4v) is 3.53. The molecule has 4 rings (SSSR count). The minimum Gasteiger partial charge on any atom is -0.313 e. The van der Waals surface area contributed by atoms with E-state index in [4.69, 9.17) is 0 Å². The largest absolute Gasteiger partial charge is 0.313 e. The Morgan fingerprint density at radius 1 is 1.00 bits per heavy atom. The summed E-state index contributed by atoms with van der Waals surface area (Å²) in [6.45, 7) is 0. The predicted octanol–water partition coefficient (Wildman–Crippen LogP) is 4.11. The molecule has 0 aliphatic heterocycles. The number of hydrogen-bond acceptors (Lipinski definition) is 2. The molecule has 2 aromatic carbocycles. The Morgan fingerprint density at radius 3 is 2.71 bits per heavy atom. The molecular formula is C19H18N2. The van der Waals surface area contributed by atoms with E-state index in [2.05, 4.69) is 52.8 Å². The van der Waals surface area contributed by atoms with Crippen molar-refractivity contribution in [2.24, 2.45) is 0 Å². The van der Waals surface area contributed by atoms with E-state index in [0.717, 1.165) is 11.9 Å². The van der Waals surface area contributed by atoms with Crippen LogP contribution in [-0.2, 0) is 6.42 Å². The number of nitrogens with zero attached hydrogens (tertiary/aromatic N) is 1. The summed E-state index contributed by atoms with van der Waals surface area (Å²) in [5.41, 5.74) is 6.62. The van der Waals surface area contributed by atoms with Gasteiger partial charge in [-0.2, -0.15) is 0 Å². The Kier molecular flexibility index (Phi) is 2.97. The summed E-state index contributed by atoms with van der Waals surface area (Å²) in [6, 6.07) is 17.7. The molecule has 0 saturated carbocycles. The number of hydrogen-bond donors (Lipinski definition) is 1. The third-order valence-corrected chi connectivity index (χ3v) is 4.54. The first kappa shape index (κ1) is 12.5. The van der Waals surface area contributed by atoms with Gasteiger partial charge in [0.05, 0.1) is 5.52 Å². The van der Waals surface area contributed by atoms with E-state index in [1.54, 1.807) is 0 Å². The highest BCUT2D eigenvalue weighted by Gasteiger charge is 2.24. The van der Waals surface area contributed by atoms with Gasteiger partial charge in [-0.1, -0.05) is 42.5 Å². The van der Waals surface area contributed by atoms with Crippen LogP contribution in [0.1, 0.15) is 23.6 Å². The molecule has 0 saturated heterocycles. The fourth-order valence-electron chi connectivity index (χ4n) is 3.53. The van der Waals surface area contributed by atoms with Gasteiger partial charge in [0.15, 0.2) is 0 Å². The molecule has 3 aromatic rings. The maximum atomic E-state index is 4.61. The summed E-state index contributed by atoms with van der Waals surface area (Å²) in [6.07, 6.45) is 4.20. The zero-order chi connectivity index (χ0) is 14.2. The first-order valence-corrected chi connectivity index (χ1v) is 7.51. The number of fused-ring (bicyclic) bond motifs is 2. The molecule has 0 amide bonds. The molecular weight excluding hydrogens is 256 g/mol. The standard InChI is InChI=1S/C19H18N2/c1-20-18-11-10-15-14(7-3-8-16(15)18)17-9-2-5-13-6-4-12-21-19(13)17/h2-9,12,18,20H,10-11H2,1H3. The van der Waals surface area contributed by atoms with Crippen molar-refractivity contribution < 1.29 is 0 Å². The van der Waals surface area contributed by atoms with Gasteiger partial charge in [0.25, 0.3) is 0 Å². The molecule has 2 heteroatoms. The van der Waals surface area contributed by atoms with Crippen molar-refractivity contribution in [3.8, 4) is 11.1 Å². The summed E-state index contributed by atoms with van der Waals surface area (Å²) in [7, 11) is 2.05. The molecule has 0 spiro atoms. The zero-order valence-corrected chi connectivity index (χ0v) is 12.1. The van der Waals surface area contributed by atoms with E-state index >= 15 is 0 Å². The van der Waals surface area contributed by atoms with Gasteiger partial charge < -0.3 is 5.32 Å². The van der Waals surface area contributed by atoms with Crippen LogP contribution in [0.2, 0.25) is 0 Å². The number of rotatable bonds is 2. The van der Waals surface area contributed by atoms with Crippen LogP contribution in [0.5, 0.6) is 0 Å². The lowest BCUT2D eigenvalue weighted by Gasteiger charge is -2.13. The van der Waals surface area contributed by atoms with Gasteiger partial charge in [-0.15, -0.1) is 0 Å². The van der Waals surface area contributed by atoms with E-state index in [-0.39, 0.29) is 0 Å². The Bertz CT molecular complexity index is 802. The molecule has 0 fully saturated rings. The number of benzene rings is 2. The lowest BCUT2D eigenvalue weighted by molar-refractivity contribution is 0.590. The van der Waals surface area contributed by atoms with Crippen LogP contribution < -0.4 is 5.32 Å². The third-order valence-electron chi connectivity index (χ3n) is 4.54. The summed E-state index contributed by atoms with van der Waals surface area (Å²) < 4.78 is 0. The van der Waals surface area contributed by atoms with Crippen LogP contribution in [0, 0.1) is 0 Å². The number of para-hydroxylation sites is 1. The number of aromatic nitrogens is 1. The molecule has 1 unspecified atom stereocenters. The topological polar surface area (TPSA) is 24.9 Å². The van der Waals surface area contributed by atoms with Crippen molar-refractivity contribution in [3.63, 3.8) is 0 Å². The number of pyridine rings is 1. The van der Waals surface area contributed by atoms with Crippen LogP contribution in [0.25, 0.3) is 22.0 Å². The number of nitrogens with one attached hydrogen (secondary N) is 1. The molecule has 1 atom stereocenters. The summed E-state index contributed by atoms with van der Waals surface area (Å²) in [5, 5.41) is 4.62. The van der Waals surface area contributed by atoms with Gasteiger partial charge in [-0.05, 0) is 42.6 Å². The van der Waals surface area contributed by atoms with Crippen LogP contribution in [0.3, 0.4) is 0 Å². The second kappa shape index (κ2) is 4.97. The van der Waals surface area contributed by atoms with Crippen molar-refractivity contribution in [2.45, 2.75) is 18.9 Å². The van der Waals surface area contributed by atoms with Gasteiger partial charge in [-0.25, -0.2) is 0 Å². The average Bonchev–Trinajstić information content (AvgIpc) is 2.97. The Labute approximate surface area is 124 Å². The molecule has 1 aromatic heterocycles. The molecule has 0 radical (unpaired) electrons. The van der Waals surface area contributed by atoms with Crippen LogP contribution in [-0.4, -0.2) is 12.0 Å². The van der Waals surface area contributed by atoms with E-state index in [9.17, 15) is 0 Å². The van der Waals surface area contributed by atoms with Crippen molar-refractivity contribution in [1.82, 2.24) is 10.3 Å². The van der Waals surface area contributed by atoms with Crippen molar-refractivity contribution in [1.29, 1.82) is 0 Å². The predicted molar refractivity (Wildman–Crippen MR) is 87.3 cm³/mol. The van der Waals surface area contributed by atoms with E-state index in [0.29, 0.717) is 6.04 Å². The first-order valence-electron chi connectivity index (χ1n) is 7.51. The second-order valence-corrected chi connectivity index (χ2v) is 5.63. The van der Waals surface area contributed by atoms with Crippen LogP contribution in [0.15, 0.2) is 54.7 Å². The van der Waals surface area contributed by atoms with Gasteiger partial charge in [0.2, 0.25) is 0 Å². The lowest BCUT2D eigenvalue weighted by Crippen LogP contribution is -2.12. The Hall–Kier alpha value is -2.19. The highest BCUT2D eigenvalue weighted by Crippen LogP contribution is 2.39. The normalized spacial score (nSPS) is 17.1. The monoisotopic (exact) mass is 274 g/mol. The fraction of sp³-hybridized carbons (Fsp3) is 0.211.